The molecule has 33 heteroatoms. The number of fused-ring (bicyclic) bond motifs is 2. The van der Waals surface area contributed by atoms with E-state index in [2.05, 4.69) is 52.7 Å². The second kappa shape index (κ2) is 35.8. The van der Waals surface area contributed by atoms with E-state index in [4.69, 9.17) is 14.7 Å². The zero-order valence-electron chi connectivity index (χ0n) is 52.1. The van der Waals surface area contributed by atoms with E-state index in [1.807, 2.05) is 24.3 Å². The molecule has 93 heavy (non-hydrogen) atoms. The van der Waals surface area contributed by atoms with E-state index < -0.39 is 183 Å². The summed E-state index contributed by atoms with van der Waals surface area (Å²) in [5.74, 6) is -11.0. The van der Waals surface area contributed by atoms with Crippen LogP contribution < -0.4 is 85.9 Å². The third kappa shape index (κ3) is 20.2. The van der Waals surface area contributed by atoms with Crippen molar-refractivity contribution >= 4 is 71.0 Å². The fourth-order valence-corrected chi connectivity index (χ4v) is 11.8. The fourth-order valence-electron chi connectivity index (χ4n) is 11.5. The molecule has 4 aliphatic heterocycles. The number of hydrogen-bond acceptors (Lipinski definition) is 24. The number of unbranched alkanes of at least 4 members (excludes halogenated alkanes) is 5. The molecule has 4 saturated heterocycles. The number of β-amino-alcohol motifs (C(OH)–C–C–N with tert-alkyl or cyclic N) is 1. The van der Waals surface area contributed by atoms with Crippen LogP contribution >= 0.6 is 12.3 Å². The van der Waals surface area contributed by atoms with Crippen LogP contribution in [0.3, 0.4) is 0 Å². The van der Waals surface area contributed by atoms with Crippen molar-refractivity contribution < 1.29 is 132 Å². The number of primary amides is 1. The Balaban J connectivity index is 0.0000137. The van der Waals surface area contributed by atoms with Gasteiger partial charge in [-0.1, -0.05) is 52.0 Å². The SMILES string of the molecule is CCCCCCCCOc1ccc(N2CCN(c3ccc(C(=O)NC4CC(O)CNC(=O)C5C(O)C(C)CN5C(=O)C(C(O)CC(N)=O)NC(=O)C(C(O)C(O)c5ccc(O)c(OSOO[O-])c5)NC(=O)C5CC(O)CN5C(=O)C(C(C)O)NC4=O)cc3)CC2)cc1.[Na+]. The van der Waals surface area contributed by atoms with Crippen LogP contribution in [0.1, 0.15) is 101 Å². The average Bonchev–Trinajstić information content (AvgIpc) is 1.72. The average molecular weight is 1340 g/mol. The smallest absolute Gasteiger partial charge is 0.691 e. The molecule has 0 aliphatic carbocycles. The number of hydrogen-bond donors (Lipinski definition) is 14. The molecule has 4 aliphatic rings. The molecule has 0 spiro atoms. The Morgan fingerprint density at radius 3 is 1.97 bits per heavy atom. The fraction of sp³-hybridized carbons (Fsp3) is 0.567. The molecular weight excluding hydrogens is 1250 g/mol. The predicted octanol–water partition coefficient (Wildman–Crippen LogP) is -6.06. The number of amides is 8. The first-order chi connectivity index (χ1) is 43.9. The summed E-state index contributed by atoms with van der Waals surface area (Å²) in [7, 11) is 0. The first-order valence-electron chi connectivity index (χ1n) is 30.5. The van der Waals surface area contributed by atoms with Crippen molar-refractivity contribution in [1.29, 1.82) is 0 Å². The van der Waals surface area contributed by atoms with Crippen LogP contribution in [0.5, 0.6) is 17.2 Å². The van der Waals surface area contributed by atoms with E-state index in [0.717, 1.165) is 64.9 Å². The number of ether oxygens (including phenoxy) is 1. The summed E-state index contributed by atoms with van der Waals surface area (Å²) in [5, 5.41) is 116. The number of nitrogens with zero attached hydrogens (tertiary/aromatic N) is 4. The van der Waals surface area contributed by atoms with Gasteiger partial charge in [0.05, 0.1) is 43.5 Å². The van der Waals surface area contributed by atoms with Crippen LogP contribution in [-0.2, 0) is 42.9 Å². The van der Waals surface area contributed by atoms with Gasteiger partial charge in [0.15, 0.2) is 11.5 Å². The Kier molecular flexibility index (Phi) is 29.0. The Morgan fingerprint density at radius 2 is 1.34 bits per heavy atom. The standard InChI is InChI=1S/C60H84N10O21S.Na/c1-4-5-6-7-8-9-24-88-40-17-15-37(16-18-40)68-22-20-67(21-23-68)36-13-10-34(11-14-36)54(80)63-41-26-38(72)29-62-58(84)50-51(77)32(2)30-70(50)60(86)48(44(75)28-46(61)76)65-57(83)49(53(79)52(78)35-12-19-43(74)45(25-35)89-92-91-90-87)66-56(82)42-27-39(73)31-69(42)59(85)47(33(3)71)64-55(41)81;/h10-19,25,32-33,38-39,41-42,44,47-53,71-75,77-79,87H,4-9,20-24,26-31H2,1-3H3,(H2,61,76)(H,62,84)(H,63,80)(H,64,81)(H,65,83)(H,66,82);/q;+1/p-1. The van der Waals surface area contributed by atoms with E-state index in [9.17, 15) is 84.5 Å². The number of aromatic hydroxyl groups is 1. The number of anilines is 2. The maximum atomic E-state index is 14.7. The molecule has 14 atom stereocenters. The van der Waals surface area contributed by atoms with Crippen molar-refractivity contribution in [1.82, 2.24) is 36.4 Å². The van der Waals surface area contributed by atoms with Gasteiger partial charge in [-0.25, -0.2) is 0 Å². The minimum absolute atomic E-state index is 0. The molecule has 4 heterocycles. The number of rotatable bonds is 23. The molecule has 31 nitrogen and oxygen atoms in total. The topological polar surface area (TPSA) is 458 Å². The molecule has 7 rings (SSSR count). The summed E-state index contributed by atoms with van der Waals surface area (Å²) >= 11 is -0.0810. The number of nitrogens with one attached hydrogen (secondary N) is 5. The summed E-state index contributed by atoms with van der Waals surface area (Å²) < 4.78 is 15.0. The minimum atomic E-state index is -2.53. The van der Waals surface area contributed by atoms with Gasteiger partial charge in [0.25, 0.3) is 18.2 Å². The number of aliphatic hydroxyl groups is 7. The zero-order chi connectivity index (χ0) is 66.9. The molecule has 15 N–H and O–H groups in total. The van der Waals surface area contributed by atoms with Crippen LogP contribution in [0.2, 0.25) is 0 Å². The summed E-state index contributed by atoms with van der Waals surface area (Å²) in [5.41, 5.74) is 6.93. The van der Waals surface area contributed by atoms with Crippen molar-refractivity contribution in [3.8, 4) is 17.2 Å². The molecule has 8 amide bonds. The zero-order valence-corrected chi connectivity index (χ0v) is 54.9. The van der Waals surface area contributed by atoms with Crippen LogP contribution in [0.15, 0.2) is 66.7 Å². The monoisotopic (exact) mass is 1330 g/mol. The maximum absolute atomic E-state index is 14.7. The molecular formula is C60H83N10NaO21S. The van der Waals surface area contributed by atoms with E-state index in [1.165, 1.54) is 44.7 Å². The van der Waals surface area contributed by atoms with Gasteiger partial charge in [-0.2, -0.15) is 0 Å². The summed E-state index contributed by atoms with van der Waals surface area (Å²) in [6.07, 6.45) is -9.03. The van der Waals surface area contributed by atoms with Gasteiger partial charge in [-0.15, -0.1) is 4.33 Å². The number of phenolic OH excluding ortho intramolecular Hbond substituents is 1. The number of benzene rings is 3. The van der Waals surface area contributed by atoms with Crippen LogP contribution in [0, 0.1) is 5.92 Å². The van der Waals surface area contributed by atoms with Gasteiger partial charge in [0, 0.05) is 81.5 Å². The molecule has 506 valence electrons. The number of carbonyl (C=O) groups excluding carboxylic acids is 8. The summed E-state index contributed by atoms with van der Waals surface area (Å²) in [6.45, 7) is 6.26. The molecule has 3 aromatic rings. The molecule has 0 aromatic heterocycles. The van der Waals surface area contributed by atoms with Crippen molar-refractivity contribution in [2.45, 2.75) is 158 Å². The van der Waals surface area contributed by atoms with Gasteiger partial charge < -0.3 is 107 Å². The van der Waals surface area contributed by atoms with Gasteiger partial charge >= 0.3 is 29.6 Å². The quantitative estimate of drug-likeness (QED) is 0.0138. The van der Waals surface area contributed by atoms with Crippen molar-refractivity contribution in [2.75, 3.05) is 62.2 Å². The number of aliphatic hydroxyl groups excluding tert-OH is 7. The van der Waals surface area contributed by atoms with E-state index in [1.54, 1.807) is 12.1 Å². The Labute approximate surface area is 563 Å². The number of carbonyl (C=O) groups is 8. The molecule has 0 saturated carbocycles. The number of nitrogens with two attached hydrogens (primary N) is 1. The minimum Gasteiger partial charge on any atom is -0.691 e. The van der Waals surface area contributed by atoms with Crippen LogP contribution in [0.25, 0.3) is 0 Å². The largest absolute Gasteiger partial charge is 1.00 e. The van der Waals surface area contributed by atoms with E-state index in [0.29, 0.717) is 32.8 Å². The van der Waals surface area contributed by atoms with Crippen LogP contribution in [0.4, 0.5) is 11.4 Å². The summed E-state index contributed by atoms with van der Waals surface area (Å²) in [6, 6.07) is 5.17. The number of piperazine rings is 1. The molecule has 0 radical (unpaired) electrons. The Morgan fingerprint density at radius 1 is 0.742 bits per heavy atom. The molecule has 3 aromatic carbocycles. The summed E-state index contributed by atoms with van der Waals surface area (Å²) in [4.78, 5) is 120. The Bertz CT molecular complexity index is 3010. The van der Waals surface area contributed by atoms with Crippen molar-refractivity contribution in [3.05, 3.63) is 77.9 Å². The normalized spacial score (nSPS) is 25.8. The molecule has 0 bridgehead atoms. The van der Waals surface area contributed by atoms with Crippen LogP contribution in [-0.4, -0.2) is 223 Å². The van der Waals surface area contributed by atoms with E-state index >= 15 is 0 Å². The predicted molar refractivity (Wildman–Crippen MR) is 325 cm³/mol. The van der Waals surface area contributed by atoms with Gasteiger partial charge in [0.1, 0.15) is 54.2 Å². The van der Waals surface area contributed by atoms with E-state index in [-0.39, 0.29) is 53.0 Å². The Hall–Kier alpha value is -6.63. The van der Waals surface area contributed by atoms with Gasteiger partial charge in [-0.3, -0.25) is 43.4 Å². The maximum Gasteiger partial charge on any atom is 1.00 e. The third-order valence-corrected chi connectivity index (χ3v) is 17.0. The van der Waals surface area contributed by atoms with Gasteiger partial charge in [-0.05, 0) is 79.6 Å². The van der Waals surface area contributed by atoms with Crippen molar-refractivity contribution in [2.24, 2.45) is 11.7 Å². The van der Waals surface area contributed by atoms with Crippen molar-refractivity contribution in [3.63, 3.8) is 0 Å². The second-order valence-electron chi connectivity index (χ2n) is 23.5. The third-order valence-electron chi connectivity index (χ3n) is 16.7. The second-order valence-corrected chi connectivity index (χ2v) is 23.9. The first kappa shape index (κ1) is 75.4. The first-order valence-corrected chi connectivity index (χ1v) is 31.2. The number of phenols is 1. The molecule has 14 unspecified atom stereocenters. The molecule has 4 fully saturated rings. The van der Waals surface area contributed by atoms with Gasteiger partial charge in [0.2, 0.25) is 41.4 Å².